The lowest BCUT2D eigenvalue weighted by molar-refractivity contribution is 0.448. The highest BCUT2D eigenvalue weighted by atomic mass is 35.5. The van der Waals surface area contributed by atoms with Crippen molar-refractivity contribution < 1.29 is 0 Å². The van der Waals surface area contributed by atoms with Crippen LogP contribution in [0, 0.1) is 0 Å². The maximum absolute atomic E-state index is 5.84. The molecule has 0 amide bonds. The highest BCUT2D eigenvalue weighted by Gasteiger charge is 2.18. The van der Waals surface area contributed by atoms with E-state index in [1.807, 2.05) is 0 Å². The number of halogens is 2. The van der Waals surface area contributed by atoms with Crippen LogP contribution >= 0.6 is 24.0 Å². The van der Waals surface area contributed by atoms with Gasteiger partial charge in [0.2, 0.25) is 0 Å². The maximum atomic E-state index is 5.84. The third-order valence-electron chi connectivity index (χ3n) is 1.73. The van der Waals surface area contributed by atoms with Gasteiger partial charge in [-0.3, -0.25) is 0 Å². The van der Waals surface area contributed by atoms with Crippen LogP contribution in [0.25, 0.3) is 0 Å². The number of alkyl halides is 1. The Labute approximate surface area is 67.4 Å². The van der Waals surface area contributed by atoms with Crippen molar-refractivity contribution in [3.63, 3.8) is 0 Å². The second-order valence-electron chi connectivity index (χ2n) is 2.46. The minimum absolute atomic E-state index is 0. The Morgan fingerprint density at radius 2 is 1.78 bits per heavy atom. The molecule has 0 aromatic heterocycles. The Hall–Kier alpha value is 0.540. The van der Waals surface area contributed by atoms with Crippen molar-refractivity contribution in [3.05, 3.63) is 0 Å². The number of nitrogens with two attached hydrogens (primary N) is 1. The van der Waals surface area contributed by atoms with E-state index in [9.17, 15) is 0 Å². The number of hydrogen-bond acceptors (Lipinski definition) is 1. The fourth-order valence-corrected chi connectivity index (χ4v) is 1.39. The summed E-state index contributed by atoms with van der Waals surface area (Å²) in [6.07, 6.45) is 4.77. The number of hydrogen-bond donors (Lipinski definition) is 1. The summed E-state index contributed by atoms with van der Waals surface area (Å²) in [5, 5.41) is 0.253. The van der Waals surface area contributed by atoms with E-state index >= 15 is 0 Å². The molecular weight excluding hydrogens is 157 g/mol. The van der Waals surface area contributed by atoms with Gasteiger partial charge in [0, 0.05) is 11.4 Å². The zero-order valence-corrected chi connectivity index (χ0v) is 6.92. The van der Waals surface area contributed by atoms with Gasteiger partial charge in [-0.1, -0.05) is 12.8 Å². The van der Waals surface area contributed by atoms with Crippen LogP contribution in [-0.4, -0.2) is 11.4 Å². The summed E-state index contributed by atoms with van der Waals surface area (Å²) in [6.45, 7) is 0. The van der Waals surface area contributed by atoms with Crippen molar-refractivity contribution >= 4 is 24.0 Å². The van der Waals surface area contributed by atoms with Gasteiger partial charge in [0.1, 0.15) is 0 Å². The summed E-state index contributed by atoms with van der Waals surface area (Å²) in [7, 11) is 0. The zero-order valence-electron chi connectivity index (χ0n) is 5.35. The van der Waals surface area contributed by atoms with E-state index in [0.29, 0.717) is 0 Å². The molecule has 0 aromatic carbocycles. The van der Waals surface area contributed by atoms with E-state index < -0.39 is 0 Å². The first-order valence-electron chi connectivity index (χ1n) is 3.20. The molecule has 2 atom stereocenters. The van der Waals surface area contributed by atoms with Crippen molar-refractivity contribution in [1.29, 1.82) is 0 Å². The van der Waals surface area contributed by atoms with Gasteiger partial charge in [0.25, 0.3) is 0 Å². The Morgan fingerprint density at radius 1 is 1.22 bits per heavy atom. The molecule has 0 aliphatic heterocycles. The first kappa shape index (κ1) is 9.54. The predicted octanol–water partition coefficient (Wildman–Crippen LogP) is 1.92. The lowest BCUT2D eigenvalue weighted by Crippen LogP contribution is -2.33. The molecule has 9 heavy (non-hydrogen) atoms. The minimum atomic E-state index is 0. The summed E-state index contributed by atoms with van der Waals surface area (Å²) < 4.78 is 0. The Bertz CT molecular complexity index is 67.5. The molecule has 1 aliphatic carbocycles. The molecule has 1 nitrogen and oxygen atoms in total. The Morgan fingerprint density at radius 3 is 2.11 bits per heavy atom. The topological polar surface area (TPSA) is 26.0 Å². The Balaban J connectivity index is 0.000000640. The van der Waals surface area contributed by atoms with E-state index in [2.05, 4.69) is 0 Å². The zero-order chi connectivity index (χ0) is 5.98. The lowest BCUT2D eigenvalue weighted by Gasteiger charge is -2.22. The van der Waals surface area contributed by atoms with Crippen LogP contribution in [0.15, 0.2) is 0 Å². The summed E-state index contributed by atoms with van der Waals surface area (Å²) in [5.41, 5.74) is 5.65. The number of rotatable bonds is 0. The summed E-state index contributed by atoms with van der Waals surface area (Å²) in [6, 6.07) is 0.269. The van der Waals surface area contributed by atoms with E-state index in [4.69, 9.17) is 17.3 Å². The van der Waals surface area contributed by atoms with E-state index in [1.165, 1.54) is 12.8 Å². The molecule has 1 aliphatic rings. The molecule has 1 fully saturated rings. The van der Waals surface area contributed by atoms with Crippen LogP contribution in [0.4, 0.5) is 0 Å². The quantitative estimate of drug-likeness (QED) is 0.552. The molecule has 0 saturated heterocycles. The average Bonchev–Trinajstić information content (AvgIpc) is 1.77. The third-order valence-corrected chi connectivity index (χ3v) is 2.27. The first-order valence-corrected chi connectivity index (χ1v) is 3.64. The van der Waals surface area contributed by atoms with Crippen molar-refractivity contribution in [2.75, 3.05) is 0 Å². The van der Waals surface area contributed by atoms with E-state index in [1.54, 1.807) is 0 Å². The molecule has 0 aromatic rings. The monoisotopic (exact) mass is 169 g/mol. The molecule has 0 bridgehead atoms. The largest absolute Gasteiger partial charge is 0.326 e. The fourth-order valence-electron chi connectivity index (χ4n) is 1.11. The van der Waals surface area contributed by atoms with Gasteiger partial charge >= 0.3 is 0 Å². The van der Waals surface area contributed by atoms with Crippen LogP contribution in [0.2, 0.25) is 0 Å². The van der Waals surface area contributed by atoms with E-state index in [0.717, 1.165) is 12.8 Å². The van der Waals surface area contributed by atoms with Crippen LogP contribution in [-0.2, 0) is 0 Å². The van der Waals surface area contributed by atoms with Gasteiger partial charge < -0.3 is 5.73 Å². The standard InChI is InChI=1S/C6H12ClN.ClH/c7-5-3-1-2-4-6(5)8;/h5-6H,1-4,8H2;1H/t5-,6-;/m1./s1. The molecule has 0 radical (unpaired) electrons. The smallest absolute Gasteiger partial charge is 0.0487 e. The molecule has 1 rings (SSSR count). The van der Waals surface area contributed by atoms with Crippen LogP contribution in [0.3, 0.4) is 0 Å². The second-order valence-corrected chi connectivity index (χ2v) is 3.02. The molecule has 1 saturated carbocycles. The summed E-state index contributed by atoms with van der Waals surface area (Å²) in [5.74, 6) is 0. The van der Waals surface area contributed by atoms with Crippen molar-refractivity contribution in [3.8, 4) is 0 Å². The van der Waals surface area contributed by atoms with Gasteiger partial charge in [-0.15, -0.1) is 24.0 Å². The van der Waals surface area contributed by atoms with Crippen molar-refractivity contribution in [2.24, 2.45) is 5.73 Å². The fraction of sp³-hybridized carbons (Fsp3) is 1.00. The summed E-state index contributed by atoms with van der Waals surface area (Å²) >= 11 is 5.84. The second kappa shape index (κ2) is 4.37. The molecular formula is C6H13Cl2N. The molecule has 0 spiro atoms. The van der Waals surface area contributed by atoms with Crippen molar-refractivity contribution in [2.45, 2.75) is 37.1 Å². The van der Waals surface area contributed by atoms with Gasteiger partial charge in [0.05, 0.1) is 0 Å². The lowest BCUT2D eigenvalue weighted by atomic mass is 9.96. The van der Waals surface area contributed by atoms with Gasteiger partial charge in [0.15, 0.2) is 0 Å². The Kier molecular flexibility index (Phi) is 4.63. The van der Waals surface area contributed by atoms with Gasteiger partial charge in [-0.25, -0.2) is 0 Å². The molecule has 56 valence electrons. The van der Waals surface area contributed by atoms with Gasteiger partial charge in [-0.2, -0.15) is 0 Å². The molecule has 0 heterocycles. The minimum Gasteiger partial charge on any atom is -0.326 e. The van der Waals surface area contributed by atoms with E-state index in [-0.39, 0.29) is 23.8 Å². The van der Waals surface area contributed by atoms with Crippen LogP contribution in [0.1, 0.15) is 25.7 Å². The molecule has 3 heteroatoms. The van der Waals surface area contributed by atoms with Crippen molar-refractivity contribution in [1.82, 2.24) is 0 Å². The molecule has 2 N–H and O–H groups in total. The van der Waals surface area contributed by atoms with Gasteiger partial charge in [-0.05, 0) is 12.8 Å². The van der Waals surface area contributed by atoms with Crippen LogP contribution in [0.5, 0.6) is 0 Å². The highest BCUT2D eigenvalue weighted by Crippen LogP contribution is 2.20. The normalized spacial score (nSPS) is 35.3. The predicted molar refractivity (Wildman–Crippen MR) is 43.3 cm³/mol. The maximum Gasteiger partial charge on any atom is 0.0487 e. The molecule has 0 unspecified atom stereocenters. The highest BCUT2D eigenvalue weighted by molar-refractivity contribution is 6.21. The SMILES string of the molecule is Cl.N[C@@H]1CCCC[C@H]1Cl. The summed E-state index contributed by atoms with van der Waals surface area (Å²) in [4.78, 5) is 0. The van der Waals surface area contributed by atoms with Crippen LogP contribution < -0.4 is 5.73 Å². The third kappa shape index (κ3) is 2.74. The first-order chi connectivity index (χ1) is 3.80. The average molecular weight is 170 g/mol.